The van der Waals surface area contributed by atoms with Gasteiger partial charge in [-0.3, -0.25) is 4.79 Å². The summed E-state index contributed by atoms with van der Waals surface area (Å²) in [4.78, 5) is 12.9. The number of aliphatic hydroxyl groups is 2. The molecule has 2 N–H and O–H groups in total. The van der Waals surface area contributed by atoms with Gasteiger partial charge in [-0.05, 0) is 52.0 Å². The Morgan fingerprint density at radius 1 is 1.19 bits per heavy atom. The van der Waals surface area contributed by atoms with Gasteiger partial charge >= 0.3 is 0 Å². The van der Waals surface area contributed by atoms with Crippen LogP contribution < -0.4 is 0 Å². The van der Waals surface area contributed by atoms with Gasteiger partial charge in [0, 0.05) is 24.2 Å². The number of hydrogen-bond donors (Lipinski definition) is 2. The van der Waals surface area contributed by atoms with E-state index in [1.807, 2.05) is 19.9 Å². The fraction of sp³-hybridized carbons (Fsp3) is 0.773. The number of hydrogen-bond acceptors (Lipinski definition) is 5. The molecule has 148 valence electrons. The van der Waals surface area contributed by atoms with Crippen molar-refractivity contribution in [2.24, 2.45) is 33.9 Å². The van der Waals surface area contributed by atoms with Crippen LogP contribution in [0, 0.1) is 23.7 Å². The molecule has 0 radical (unpaired) electrons. The van der Waals surface area contributed by atoms with Gasteiger partial charge in [-0.1, -0.05) is 31.6 Å². The first kappa shape index (κ1) is 19.0. The lowest BCUT2D eigenvalue weighted by Gasteiger charge is -2.57. The highest BCUT2D eigenvalue weighted by Crippen LogP contribution is 2.63. The number of ketones is 1. The molecule has 4 aliphatic rings. The Balaban J connectivity index is 1.96. The van der Waals surface area contributed by atoms with Crippen LogP contribution in [0.5, 0.6) is 0 Å². The predicted molar refractivity (Wildman–Crippen MR) is 103 cm³/mol. The fourth-order valence-electron chi connectivity index (χ4n) is 6.80. The van der Waals surface area contributed by atoms with Crippen molar-refractivity contribution in [1.29, 1.82) is 0 Å². The molecule has 1 fully saturated rings. The van der Waals surface area contributed by atoms with Crippen molar-refractivity contribution in [3.8, 4) is 0 Å². The molecule has 0 aromatic heterocycles. The van der Waals surface area contributed by atoms with Crippen LogP contribution >= 0.6 is 0 Å². The van der Waals surface area contributed by atoms with Crippen LogP contribution in [-0.2, 0) is 4.79 Å². The van der Waals surface area contributed by atoms with Gasteiger partial charge in [0.1, 0.15) is 5.60 Å². The van der Waals surface area contributed by atoms with Crippen LogP contribution in [0.2, 0.25) is 0 Å². The van der Waals surface area contributed by atoms with Crippen LogP contribution in [0.4, 0.5) is 0 Å². The quantitative estimate of drug-likeness (QED) is 0.690. The Kier molecular flexibility index (Phi) is 3.79. The molecule has 3 aliphatic carbocycles. The minimum atomic E-state index is -1.55. The molecule has 0 aromatic carbocycles. The first-order chi connectivity index (χ1) is 12.4. The van der Waals surface area contributed by atoms with E-state index in [1.54, 1.807) is 6.92 Å². The lowest BCUT2D eigenvalue weighted by Crippen LogP contribution is -2.66. The van der Waals surface area contributed by atoms with E-state index in [2.05, 4.69) is 37.1 Å². The molecule has 0 unspecified atom stereocenters. The number of Topliss-reactive ketones (excluding diaryl/α,β-unsaturated/α-hetero) is 1. The minimum absolute atomic E-state index is 0.0273. The minimum Gasteiger partial charge on any atom is -0.388 e. The summed E-state index contributed by atoms with van der Waals surface area (Å²) in [5.74, 6) is -1.13. The number of carbonyl (C=O) groups is 1. The average molecular weight is 373 g/mol. The van der Waals surface area contributed by atoms with E-state index in [0.29, 0.717) is 18.4 Å². The van der Waals surface area contributed by atoms with Crippen molar-refractivity contribution < 1.29 is 15.0 Å². The number of rotatable bonds is 1. The summed E-state index contributed by atoms with van der Waals surface area (Å²) in [6, 6.07) is 0. The van der Waals surface area contributed by atoms with Gasteiger partial charge in [0.25, 0.3) is 0 Å². The van der Waals surface area contributed by atoms with Crippen molar-refractivity contribution in [2.75, 3.05) is 0 Å². The van der Waals surface area contributed by atoms with Crippen LogP contribution in [0.15, 0.2) is 33.5 Å². The second kappa shape index (κ2) is 5.38. The summed E-state index contributed by atoms with van der Waals surface area (Å²) in [6.07, 6.45) is 5.73. The topological polar surface area (TPSA) is 82.2 Å². The van der Waals surface area contributed by atoms with Crippen LogP contribution in [0.3, 0.4) is 0 Å². The largest absolute Gasteiger partial charge is 0.388 e. The molecular weight excluding hydrogens is 340 g/mol. The third kappa shape index (κ3) is 2.21. The van der Waals surface area contributed by atoms with Gasteiger partial charge in [0.05, 0.1) is 16.7 Å². The zero-order valence-corrected chi connectivity index (χ0v) is 17.3. The van der Waals surface area contributed by atoms with Gasteiger partial charge in [-0.2, -0.15) is 10.2 Å². The Morgan fingerprint density at radius 3 is 2.48 bits per heavy atom. The maximum Gasteiger partial charge on any atom is 0.190 e. The van der Waals surface area contributed by atoms with Crippen LogP contribution in [0.25, 0.3) is 0 Å². The Hall–Kier alpha value is -1.33. The number of nitrogens with zero attached hydrogens (tertiary/aromatic N) is 2. The third-order valence-corrected chi connectivity index (χ3v) is 7.92. The van der Waals surface area contributed by atoms with Crippen molar-refractivity contribution in [3.63, 3.8) is 0 Å². The Labute approximate surface area is 161 Å². The van der Waals surface area contributed by atoms with E-state index >= 15 is 0 Å². The summed E-state index contributed by atoms with van der Waals surface area (Å²) in [5.41, 5.74) is -1.87. The molecule has 1 heterocycles. The van der Waals surface area contributed by atoms with Crippen molar-refractivity contribution in [3.05, 3.63) is 23.3 Å². The SMILES string of the molecule is CCC1=C[C@H]2[C@@H]3C(C)(C)N=N[C@]3(C)C[C@@H](C)[C@]2(O)[C@@H]2C=C(C)C(=O)[C@@]2(O)C1. The molecule has 0 spiro atoms. The Morgan fingerprint density at radius 2 is 1.85 bits per heavy atom. The molecule has 27 heavy (non-hydrogen) atoms. The zero-order valence-electron chi connectivity index (χ0n) is 17.3. The van der Waals surface area contributed by atoms with E-state index < -0.39 is 22.7 Å². The molecule has 1 aliphatic heterocycles. The molecule has 4 rings (SSSR count). The molecule has 0 aromatic rings. The highest BCUT2D eigenvalue weighted by molar-refractivity contribution is 6.04. The van der Waals surface area contributed by atoms with Gasteiger partial charge < -0.3 is 10.2 Å². The van der Waals surface area contributed by atoms with Gasteiger partial charge in [-0.25, -0.2) is 0 Å². The van der Waals surface area contributed by atoms with E-state index in [1.165, 1.54) is 0 Å². The predicted octanol–water partition coefficient (Wildman–Crippen LogP) is 3.61. The van der Waals surface area contributed by atoms with Crippen molar-refractivity contribution >= 4 is 5.78 Å². The monoisotopic (exact) mass is 372 g/mol. The molecular formula is C22H32N2O3. The van der Waals surface area contributed by atoms with Crippen molar-refractivity contribution in [2.45, 2.75) is 83.1 Å². The maximum atomic E-state index is 12.9. The van der Waals surface area contributed by atoms with Gasteiger partial charge in [0.2, 0.25) is 0 Å². The third-order valence-electron chi connectivity index (χ3n) is 7.92. The van der Waals surface area contributed by atoms with Crippen molar-refractivity contribution in [1.82, 2.24) is 0 Å². The van der Waals surface area contributed by atoms with E-state index in [-0.39, 0.29) is 29.1 Å². The first-order valence-corrected chi connectivity index (χ1v) is 10.2. The highest BCUT2D eigenvalue weighted by Gasteiger charge is 2.69. The highest BCUT2D eigenvalue weighted by atomic mass is 16.3. The molecule has 7 atom stereocenters. The number of azo groups is 1. The normalized spacial score (nSPS) is 50.4. The van der Waals surface area contributed by atoms with Crippen LogP contribution in [-0.4, -0.2) is 38.3 Å². The Bertz CT molecular complexity index is 797. The molecule has 5 nitrogen and oxygen atoms in total. The lowest BCUT2D eigenvalue weighted by atomic mass is 9.50. The fourth-order valence-corrected chi connectivity index (χ4v) is 6.80. The van der Waals surface area contributed by atoms with E-state index in [4.69, 9.17) is 0 Å². The van der Waals surface area contributed by atoms with Gasteiger partial charge in [0.15, 0.2) is 5.78 Å². The van der Waals surface area contributed by atoms with E-state index in [0.717, 1.165) is 12.0 Å². The van der Waals surface area contributed by atoms with E-state index in [9.17, 15) is 15.0 Å². The lowest BCUT2D eigenvalue weighted by molar-refractivity contribution is -0.185. The molecule has 0 amide bonds. The van der Waals surface area contributed by atoms with Gasteiger partial charge in [-0.15, -0.1) is 0 Å². The summed E-state index contributed by atoms with van der Waals surface area (Å²) >= 11 is 0. The summed E-state index contributed by atoms with van der Waals surface area (Å²) in [6.45, 7) is 12.1. The summed E-state index contributed by atoms with van der Waals surface area (Å²) < 4.78 is 0. The molecule has 1 saturated carbocycles. The smallest absolute Gasteiger partial charge is 0.190 e. The zero-order chi connectivity index (χ0) is 20.0. The number of fused-ring (bicyclic) bond motifs is 5. The standard InChI is InChI=1S/C22H32N2O3/c1-7-14-9-15-17-19(4,5)23-24-20(17,6)10-13(3)22(15,27)16-8-12(2)18(25)21(16,26)11-14/h8-9,13,15-17,26-27H,7,10-11H2,1-6H3/t13-,15+,16-,17-,20-,21-,22-/m1/s1. The first-order valence-electron chi connectivity index (χ1n) is 10.2. The molecule has 0 bridgehead atoms. The number of carbonyl (C=O) groups excluding carboxylic acids is 1. The second-order valence-electron chi connectivity index (χ2n) is 10.1. The summed E-state index contributed by atoms with van der Waals surface area (Å²) in [7, 11) is 0. The second-order valence-corrected chi connectivity index (χ2v) is 10.1. The summed E-state index contributed by atoms with van der Waals surface area (Å²) in [5, 5.41) is 33.0. The van der Waals surface area contributed by atoms with Crippen LogP contribution in [0.1, 0.15) is 60.8 Å². The average Bonchev–Trinajstić information content (AvgIpc) is 2.91. The molecule has 5 heteroatoms. The maximum absolute atomic E-state index is 12.9. The molecule has 0 saturated heterocycles.